The second kappa shape index (κ2) is 9.37. The average molecular weight is 499 g/mol. The van der Waals surface area contributed by atoms with Gasteiger partial charge in [0.1, 0.15) is 5.00 Å². The van der Waals surface area contributed by atoms with Gasteiger partial charge in [-0.25, -0.2) is 8.42 Å². The molecular weight excluding hydrogens is 476 g/mol. The van der Waals surface area contributed by atoms with Crippen LogP contribution >= 0.6 is 11.3 Å². The maximum absolute atomic E-state index is 13.0. The van der Waals surface area contributed by atoms with E-state index >= 15 is 0 Å². The maximum Gasteiger partial charge on any atom is 0.256 e. The van der Waals surface area contributed by atoms with Crippen molar-refractivity contribution in [3.63, 3.8) is 0 Å². The molecule has 34 heavy (non-hydrogen) atoms. The lowest BCUT2D eigenvalue weighted by Crippen LogP contribution is -2.49. The van der Waals surface area contributed by atoms with E-state index in [0.29, 0.717) is 5.56 Å². The van der Waals surface area contributed by atoms with Crippen LogP contribution in [0, 0.1) is 6.92 Å². The first kappa shape index (κ1) is 23.6. The summed E-state index contributed by atoms with van der Waals surface area (Å²) in [4.78, 5) is 37.7. The predicted octanol–water partition coefficient (Wildman–Crippen LogP) is 2.20. The SMILES string of the molecule is Cc1sc(NC(=O)c2cccc(S(=O)(=O)N3CCNC(=O)C3)c2)c(C(N)=O)c1-c1ccccc1. The minimum atomic E-state index is -3.96. The van der Waals surface area contributed by atoms with Gasteiger partial charge in [-0.15, -0.1) is 11.3 Å². The smallest absolute Gasteiger partial charge is 0.256 e. The van der Waals surface area contributed by atoms with Crippen molar-refractivity contribution in [1.82, 2.24) is 9.62 Å². The minimum absolute atomic E-state index is 0.0882. The van der Waals surface area contributed by atoms with Crippen LogP contribution in [0.15, 0.2) is 59.5 Å². The van der Waals surface area contributed by atoms with Crippen LogP contribution in [0.3, 0.4) is 0 Å². The zero-order valence-electron chi connectivity index (χ0n) is 18.2. The predicted molar refractivity (Wildman–Crippen MR) is 129 cm³/mol. The van der Waals surface area contributed by atoms with Crippen molar-refractivity contribution in [2.75, 3.05) is 25.0 Å². The molecule has 2 aromatic carbocycles. The van der Waals surface area contributed by atoms with Crippen molar-refractivity contribution < 1.29 is 22.8 Å². The Morgan fingerprint density at radius 3 is 2.53 bits per heavy atom. The summed E-state index contributed by atoms with van der Waals surface area (Å²) in [5.74, 6) is -1.65. The molecule has 0 spiro atoms. The molecule has 9 nitrogen and oxygen atoms in total. The Kier molecular flexibility index (Phi) is 6.51. The maximum atomic E-state index is 13.0. The Hall–Kier alpha value is -3.54. The monoisotopic (exact) mass is 498 g/mol. The van der Waals surface area contributed by atoms with Gasteiger partial charge in [0.25, 0.3) is 11.8 Å². The molecule has 1 aliphatic rings. The van der Waals surface area contributed by atoms with Crippen LogP contribution in [0.1, 0.15) is 25.6 Å². The van der Waals surface area contributed by atoms with E-state index in [1.807, 2.05) is 37.3 Å². The quantitative estimate of drug-likeness (QED) is 0.478. The molecule has 0 atom stereocenters. The molecule has 1 aliphatic heterocycles. The fourth-order valence-electron chi connectivity index (χ4n) is 3.76. The van der Waals surface area contributed by atoms with E-state index in [2.05, 4.69) is 10.6 Å². The number of benzene rings is 2. The lowest BCUT2D eigenvalue weighted by Gasteiger charge is -2.26. The molecule has 1 aromatic heterocycles. The van der Waals surface area contributed by atoms with Crippen LogP contribution < -0.4 is 16.4 Å². The van der Waals surface area contributed by atoms with E-state index in [1.165, 1.54) is 35.6 Å². The first-order valence-electron chi connectivity index (χ1n) is 10.4. The van der Waals surface area contributed by atoms with E-state index in [-0.39, 0.29) is 46.6 Å². The number of amides is 3. The Morgan fingerprint density at radius 1 is 1.12 bits per heavy atom. The minimum Gasteiger partial charge on any atom is -0.365 e. The standard InChI is InChI=1S/C23H22N4O5S2/c1-14-19(15-6-3-2-4-7-15)20(21(24)29)23(33-14)26-22(30)16-8-5-9-17(12-16)34(31,32)27-11-10-25-18(28)13-27/h2-9,12H,10-11,13H2,1H3,(H2,24,29)(H,25,28)(H,26,30). The second-order valence-electron chi connectivity index (χ2n) is 7.64. The molecule has 1 saturated heterocycles. The molecule has 0 unspecified atom stereocenters. The number of thiophene rings is 1. The molecule has 3 aromatic rings. The van der Waals surface area contributed by atoms with Gasteiger partial charge in [0, 0.05) is 29.1 Å². The molecule has 4 N–H and O–H groups in total. The van der Waals surface area contributed by atoms with E-state index in [9.17, 15) is 22.8 Å². The summed E-state index contributed by atoms with van der Waals surface area (Å²) in [5.41, 5.74) is 7.38. The summed E-state index contributed by atoms with van der Waals surface area (Å²) in [7, 11) is -3.96. The van der Waals surface area contributed by atoms with Crippen LogP contribution in [0.2, 0.25) is 0 Å². The number of carbonyl (C=O) groups excluding carboxylic acids is 3. The van der Waals surface area contributed by atoms with E-state index in [0.717, 1.165) is 14.7 Å². The Morgan fingerprint density at radius 2 is 1.85 bits per heavy atom. The van der Waals surface area contributed by atoms with Gasteiger partial charge in [0.15, 0.2) is 0 Å². The lowest BCUT2D eigenvalue weighted by atomic mass is 10.0. The number of nitrogens with two attached hydrogens (primary N) is 1. The van der Waals surface area contributed by atoms with Gasteiger partial charge in [-0.05, 0) is 30.7 Å². The fraction of sp³-hybridized carbons (Fsp3) is 0.174. The van der Waals surface area contributed by atoms with Crippen LogP contribution in [-0.2, 0) is 14.8 Å². The van der Waals surface area contributed by atoms with Gasteiger partial charge in [0.05, 0.1) is 17.0 Å². The van der Waals surface area contributed by atoms with Crippen LogP contribution in [0.4, 0.5) is 5.00 Å². The van der Waals surface area contributed by atoms with Crippen LogP contribution in [0.5, 0.6) is 0 Å². The third-order valence-corrected chi connectivity index (χ3v) is 8.22. The van der Waals surface area contributed by atoms with Crippen LogP contribution in [-0.4, -0.2) is 50.1 Å². The number of primary amides is 1. The van der Waals surface area contributed by atoms with Crippen molar-refractivity contribution in [3.05, 3.63) is 70.6 Å². The van der Waals surface area contributed by atoms with E-state index in [4.69, 9.17) is 5.73 Å². The van der Waals surface area contributed by atoms with Gasteiger partial charge >= 0.3 is 0 Å². The number of nitrogens with zero attached hydrogens (tertiary/aromatic N) is 1. The third kappa shape index (κ3) is 4.58. The molecule has 176 valence electrons. The van der Waals surface area contributed by atoms with Gasteiger partial charge < -0.3 is 16.4 Å². The first-order chi connectivity index (χ1) is 16.2. The number of carbonyl (C=O) groups is 3. The number of rotatable bonds is 6. The zero-order valence-corrected chi connectivity index (χ0v) is 19.8. The van der Waals surface area contributed by atoms with Crippen LogP contribution in [0.25, 0.3) is 11.1 Å². The molecule has 0 aliphatic carbocycles. The fourth-order valence-corrected chi connectivity index (χ4v) is 6.28. The summed E-state index contributed by atoms with van der Waals surface area (Å²) in [6, 6.07) is 14.8. The van der Waals surface area contributed by atoms with E-state index in [1.54, 1.807) is 0 Å². The number of sulfonamides is 1. The largest absolute Gasteiger partial charge is 0.365 e. The highest BCUT2D eigenvalue weighted by Gasteiger charge is 2.30. The molecule has 11 heteroatoms. The van der Waals surface area contributed by atoms with Gasteiger partial charge in [0.2, 0.25) is 15.9 Å². The van der Waals surface area contributed by atoms with Crippen molar-refractivity contribution >= 4 is 44.1 Å². The number of hydrogen-bond acceptors (Lipinski definition) is 6. The zero-order chi connectivity index (χ0) is 24.5. The van der Waals surface area contributed by atoms with Crippen molar-refractivity contribution in [2.24, 2.45) is 5.73 Å². The summed E-state index contributed by atoms with van der Waals surface area (Å²) in [5, 5.41) is 5.58. The van der Waals surface area contributed by atoms with Crippen molar-refractivity contribution in [2.45, 2.75) is 11.8 Å². The Labute approximate surface area is 200 Å². The number of nitrogens with one attached hydrogen (secondary N) is 2. The number of aryl methyl sites for hydroxylation is 1. The third-order valence-electron chi connectivity index (χ3n) is 5.36. The summed E-state index contributed by atoms with van der Waals surface area (Å²) in [6.07, 6.45) is 0. The topological polar surface area (TPSA) is 139 Å². The molecule has 4 rings (SSSR count). The second-order valence-corrected chi connectivity index (χ2v) is 10.8. The molecule has 3 amide bonds. The van der Waals surface area contributed by atoms with Gasteiger partial charge in [-0.2, -0.15) is 4.31 Å². The van der Waals surface area contributed by atoms with Crippen molar-refractivity contribution in [1.29, 1.82) is 0 Å². The van der Waals surface area contributed by atoms with Gasteiger partial charge in [-0.3, -0.25) is 14.4 Å². The highest BCUT2D eigenvalue weighted by Crippen LogP contribution is 2.39. The number of piperazine rings is 1. The normalized spacial score (nSPS) is 14.4. The van der Waals surface area contributed by atoms with Crippen molar-refractivity contribution in [3.8, 4) is 11.1 Å². The van der Waals surface area contributed by atoms with E-state index < -0.39 is 21.8 Å². The number of hydrogen-bond donors (Lipinski definition) is 3. The highest BCUT2D eigenvalue weighted by molar-refractivity contribution is 7.89. The summed E-state index contributed by atoms with van der Waals surface area (Å²) >= 11 is 1.22. The Bertz CT molecular complexity index is 1380. The lowest BCUT2D eigenvalue weighted by molar-refractivity contribution is -0.122. The molecular formula is C23H22N4O5S2. The molecule has 1 fully saturated rings. The molecule has 0 radical (unpaired) electrons. The first-order valence-corrected chi connectivity index (χ1v) is 12.6. The summed E-state index contributed by atoms with van der Waals surface area (Å²) < 4.78 is 27.0. The summed E-state index contributed by atoms with van der Waals surface area (Å²) in [6.45, 7) is 1.91. The van der Waals surface area contributed by atoms with Gasteiger partial charge in [-0.1, -0.05) is 36.4 Å². The molecule has 0 bridgehead atoms. The average Bonchev–Trinajstić information content (AvgIpc) is 3.15. The highest BCUT2D eigenvalue weighted by atomic mass is 32.2. The molecule has 0 saturated carbocycles. The number of anilines is 1. The Balaban J connectivity index is 1.65. The molecule has 2 heterocycles.